The van der Waals surface area contributed by atoms with Crippen LogP contribution in [0.15, 0.2) is 66.7 Å². The molecule has 0 spiro atoms. The molecule has 0 radical (unpaired) electrons. The average Bonchev–Trinajstić information content (AvgIpc) is 2.53. The van der Waals surface area contributed by atoms with Crippen LogP contribution in [0.5, 0.6) is 0 Å². The molecule has 1 aromatic carbocycles. The first-order valence-corrected chi connectivity index (χ1v) is 7.13. The van der Waals surface area contributed by atoms with E-state index in [1.807, 2.05) is 65.0 Å². The van der Waals surface area contributed by atoms with Crippen molar-refractivity contribution >= 4 is 0 Å². The van der Waals surface area contributed by atoms with Gasteiger partial charge in [-0.3, -0.25) is 0 Å². The maximum Gasteiger partial charge on any atom is 0.157 e. The largest absolute Gasteiger partial charge is 0.504 e. The highest BCUT2D eigenvalue weighted by Gasteiger charge is 2.02. The first kappa shape index (κ1) is 20.4. The fourth-order valence-electron chi connectivity index (χ4n) is 1.23. The van der Waals surface area contributed by atoms with Gasteiger partial charge in [-0.15, -0.1) is 0 Å². The van der Waals surface area contributed by atoms with Crippen molar-refractivity contribution in [2.24, 2.45) is 0 Å². The van der Waals surface area contributed by atoms with Gasteiger partial charge in [-0.1, -0.05) is 70.7 Å². The number of aliphatic hydroxyl groups excluding tert-OH is 1. The van der Waals surface area contributed by atoms with Crippen LogP contribution in [-0.2, 0) is 11.3 Å². The SMILES string of the molecule is C=C/C=C(O)\C(=C/C)OCc1ccccc1.CC.CC. The molecule has 0 unspecified atom stereocenters. The van der Waals surface area contributed by atoms with Crippen LogP contribution in [0.25, 0.3) is 0 Å². The lowest BCUT2D eigenvalue weighted by Gasteiger charge is -2.09. The molecule has 0 heterocycles. The molecule has 112 valence electrons. The summed E-state index contributed by atoms with van der Waals surface area (Å²) < 4.78 is 5.49. The molecule has 1 N–H and O–H groups in total. The van der Waals surface area contributed by atoms with Crippen molar-refractivity contribution in [3.63, 3.8) is 0 Å². The standard InChI is InChI=1S/C14H16O2.2C2H6/c1-3-8-13(15)14(4-2)16-11-12-9-6-5-7-10-12;2*1-2/h3-10,15H,1,11H2,2H3;2*1-2H3/b13-8+,14-4+;;. The molecule has 0 bridgehead atoms. The second kappa shape index (κ2) is 15.1. The second-order valence-electron chi connectivity index (χ2n) is 3.21. The van der Waals surface area contributed by atoms with E-state index in [9.17, 15) is 5.11 Å². The van der Waals surface area contributed by atoms with Crippen LogP contribution in [-0.4, -0.2) is 5.11 Å². The molecule has 0 amide bonds. The van der Waals surface area contributed by atoms with Crippen LogP contribution < -0.4 is 0 Å². The van der Waals surface area contributed by atoms with Crippen LogP contribution in [0.2, 0.25) is 0 Å². The Morgan fingerprint density at radius 2 is 1.70 bits per heavy atom. The summed E-state index contributed by atoms with van der Waals surface area (Å²) in [7, 11) is 0. The van der Waals surface area contributed by atoms with Crippen molar-refractivity contribution in [3.05, 3.63) is 72.2 Å². The molecule has 0 aliphatic heterocycles. The Morgan fingerprint density at radius 3 is 2.15 bits per heavy atom. The molecule has 1 aromatic rings. The minimum atomic E-state index is 0.0911. The number of allylic oxidation sites excluding steroid dienone is 3. The van der Waals surface area contributed by atoms with Gasteiger partial charge in [-0.05, 0) is 24.6 Å². The van der Waals surface area contributed by atoms with E-state index in [1.165, 1.54) is 12.2 Å². The molecule has 0 fully saturated rings. The van der Waals surface area contributed by atoms with E-state index in [2.05, 4.69) is 6.58 Å². The molecule has 0 saturated heterocycles. The van der Waals surface area contributed by atoms with Gasteiger partial charge in [0.2, 0.25) is 0 Å². The first-order valence-electron chi connectivity index (χ1n) is 7.13. The molecule has 0 atom stereocenters. The fraction of sp³-hybridized carbons (Fsp3) is 0.333. The fourth-order valence-corrected chi connectivity index (χ4v) is 1.23. The smallest absolute Gasteiger partial charge is 0.157 e. The third kappa shape index (κ3) is 9.03. The van der Waals surface area contributed by atoms with E-state index in [-0.39, 0.29) is 5.76 Å². The van der Waals surface area contributed by atoms with Gasteiger partial charge in [-0.25, -0.2) is 0 Å². The Bertz CT molecular complexity index is 389. The highest BCUT2D eigenvalue weighted by atomic mass is 16.5. The molecule has 0 aliphatic carbocycles. The number of hydrogen-bond acceptors (Lipinski definition) is 2. The van der Waals surface area contributed by atoms with Gasteiger partial charge >= 0.3 is 0 Å². The van der Waals surface area contributed by atoms with Crippen molar-refractivity contribution in [2.75, 3.05) is 0 Å². The third-order valence-electron chi connectivity index (χ3n) is 2.03. The summed E-state index contributed by atoms with van der Waals surface area (Å²) in [5, 5.41) is 9.58. The van der Waals surface area contributed by atoms with Gasteiger partial charge in [0.25, 0.3) is 0 Å². The normalized spacial score (nSPS) is 10.4. The molecule has 2 nitrogen and oxygen atoms in total. The van der Waals surface area contributed by atoms with Crippen LogP contribution >= 0.6 is 0 Å². The highest BCUT2D eigenvalue weighted by Crippen LogP contribution is 2.12. The molecule has 0 saturated carbocycles. The lowest BCUT2D eigenvalue weighted by atomic mass is 10.2. The maximum atomic E-state index is 9.58. The average molecular weight is 276 g/mol. The Labute approximate surface area is 124 Å². The Morgan fingerprint density at radius 1 is 1.15 bits per heavy atom. The lowest BCUT2D eigenvalue weighted by Crippen LogP contribution is -1.96. The van der Waals surface area contributed by atoms with Crippen LogP contribution in [0.4, 0.5) is 0 Å². The monoisotopic (exact) mass is 276 g/mol. The summed E-state index contributed by atoms with van der Waals surface area (Å²) in [4.78, 5) is 0. The molecule has 20 heavy (non-hydrogen) atoms. The van der Waals surface area contributed by atoms with Crippen LogP contribution in [0, 0.1) is 0 Å². The predicted molar refractivity (Wildman–Crippen MR) is 88.6 cm³/mol. The Kier molecular flexibility index (Phi) is 15.4. The van der Waals surface area contributed by atoms with Crippen molar-refractivity contribution < 1.29 is 9.84 Å². The topological polar surface area (TPSA) is 29.5 Å². The van der Waals surface area contributed by atoms with Crippen molar-refractivity contribution in [2.45, 2.75) is 41.2 Å². The summed E-state index contributed by atoms with van der Waals surface area (Å²) in [5.74, 6) is 0.553. The Hall–Kier alpha value is -1.96. The minimum absolute atomic E-state index is 0.0911. The summed E-state index contributed by atoms with van der Waals surface area (Å²) >= 11 is 0. The first-order chi connectivity index (χ1) is 9.77. The van der Waals surface area contributed by atoms with Gasteiger partial charge in [-0.2, -0.15) is 0 Å². The molecule has 2 heteroatoms. The minimum Gasteiger partial charge on any atom is -0.504 e. The van der Waals surface area contributed by atoms with Crippen LogP contribution in [0.3, 0.4) is 0 Å². The summed E-state index contributed by atoms with van der Waals surface area (Å²) in [6.07, 6.45) is 4.74. The van der Waals surface area contributed by atoms with Gasteiger partial charge in [0, 0.05) is 0 Å². The molecule has 1 rings (SSSR count). The summed E-state index contributed by atoms with van der Waals surface area (Å²) in [6.45, 7) is 13.8. The zero-order valence-corrected chi connectivity index (χ0v) is 13.4. The van der Waals surface area contributed by atoms with Crippen molar-refractivity contribution in [1.82, 2.24) is 0 Å². The van der Waals surface area contributed by atoms with E-state index >= 15 is 0 Å². The quantitative estimate of drug-likeness (QED) is 0.545. The predicted octanol–water partition coefficient (Wildman–Crippen LogP) is 5.79. The third-order valence-corrected chi connectivity index (χ3v) is 2.03. The van der Waals surface area contributed by atoms with E-state index in [1.54, 1.807) is 6.08 Å². The summed E-state index contributed by atoms with van der Waals surface area (Å²) in [5.41, 5.74) is 1.06. The van der Waals surface area contributed by atoms with Gasteiger partial charge in [0.15, 0.2) is 11.5 Å². The molecular formula is C18H28O2. The summed E-state index contributed by atoms with van der Waals surface area (Å²) in [6, 6.07) is 9.80. The number of benzene rings is 1. The molecule has 0 aliphatic rings. The molecular weight excluding hydrogens is 248 g/mol. The maximum absolute atomic E-state index is 9.58. The van der Waals surface area contributed by atoms with Crippen LogP contribution in [0.1, 0.15) is 40.2 Å². The highest BCUT2D eigenvalue weighted by molar-refractivity contribution is 5.22. The number of hydrogen-bond donors (Lipinski definition) is 1. The lowest BCUT2D eigenvalue weighted by molar-refractivity contribution is 0.181. The number of aliphatic hydroxyl groups is 1. The van der Waals surface area contributed by atoms with E-state index in [4.69, 9.17) is 4.74 Å². The van der Waals surface area contributed by atoms with E-state index in [0.717, 1.165) is 5.56 Å². The van der Waals surface area contributed by atoms with Crippen molar-refractivity contribution in [3.8, 4) is 0 Å². The van der Waals surface area contributed by atoms with E-state index in [0.29, 0.717) is 12.4 Å². The molecule has 0 aromatic heterocycles. The zero-order chi connectivity index (χ0) is 15.8. The van der Waals surface area contributed by atoms with E-state index < -0.39 is 0 Å². The van der Waals surface area contributed by atoms with Gasteiger partial charge in [0.05, 0.1) is 0 Å². The second-order valence-corrected chi connectivity index (χ2v) is 3.21. The zero-order valence-electron chi connectivity index (χ0n) is 13.4. The Balaban J connectivity index is 0. The van der Waals surface area contributed by atoms with Crippen molar-refractivity contribution in [1.29, 1.82) is 0 Å². The number of ether oxygens (including phenoxy) is 1. The number of rotatable bonds is 5. The van der Waals surface area contributed by atoms with Gasteiger partial charge in [0.1, 0.15) is 6.61 Å². The van der Waals surface area contributed by atoms with Gasteiger partial charge < -0.3 is 9.84 Å².